The Bertz CT molecular complexity index is 639. The summed E-state index contributed by atoms with van der Waals surface area (Å²) in [5.41, 5.74) is 1.82. The van der Waals surface area contributed by atoms with Crippen molar-refractivity contribution >= 4 is 5.91 Å². The molecule has 0 fully saturated rings. The van der Waals surface area contributed by atoms with Crippen LogP contribution >= 0.6 is 0 Å². The second-order valence-electron chi connectivity index (χ2n) is 6.30. The number of hydrogen-bond acceptors (Lipinski definition) is 2. The molecular formula is C22H29NO2. The molecule has 2 aromatic carbocycles. The van der Waals surface area contributed by atoms with Gasteiger partial charge in [-0.3, -0.25) is 4.79 Å². The molecule has 3 nitrogen and oxygen atoms in total. The van der Waals surface area contributed by atoms with Crippen LogP contribution in [0.1, 0.15) is 68.0 Å². The Labute approximate surface area is 151 Å². The van der Waals surface area contributed by atoms with Crippen LogP contribution in [0.15, 0.2) is 54.6 Å². The van der Waals surface area contributed by atoms with E-state index in [9.17, 15) is 4.79 Å². The number of unbranched alkanes of at least 4 members (excludes halogenated alkanes) is 2. The van der Waals surface area contributed by atoms with Crippen LogP contribution < -0.4 is 10.1 Å². The minimum Gasteiger partial charge on any atom is -0.486 e. The van der Waals surface area contributed by atoms with Crippen LogP contribution in [0.2, 0.25) is 0 Å². The molecular weight excluding hydrogens is 310 g/mol. The van der Waals surface area contributed by atoms with E-state index in [0.717, 1.165) is 37.9 Å². The molecule has 0 aliphatic carbocycles. The largest absolute Gasteiger partial charge is 0.486 e. The molecule has 0 aliphatic heterocycles. The molecule has 25 heavy (non-hydrogen) atoms. The van der Waals surface area contributed by atoms with Crippen LogP contribution in [-0.4, -0.2) is 12.5 Å². The number of benzene rings is 2. The zero-order chi connectivity index (χ0) is 17.9. The Kier molecular flexibility index (Phi) is 8.03. The lowest BCUT2D eigenvalue weighted by molar-refractivity contribution is 0.0952. The lowest BCUT2D eigenvalue weighted by Gasteiger charge is -2.20. The van der Waals surface area contributed by atoms with Crippen molar-refractivity contribution in [2.75, 3.05) is 6.54 Å². The van der Waals surface area contributed by atoms with Crippen molar-refractivity contribution in [2.24, 2.45) is 0 Å². The van der Waals surface area contributed by atoms with Gasteiger partial charge in [0.2, 0.25) is 0 Å². The molecule has 0 bridgehead atoms. The predicted octanol–water partition coefficient (Wildman–Crippen LogP) is 5.53. The molecule has 0 saturated carbocycles. The third-order valence-corrected chi connectivity index (χ3v) is 4.18. The van der Waals surface area contributed by atoms with Crippen molar-refractivity contribution in [2.45, 2.75) is 52.1 Å². The topological polar surface area (TPSA) is 38.3 Å². The van der Waals surface area contributed by atoms with Gasteiger partial charge in [-0.25, -0.2) is 0 Å². The van der Waals surface area contributed by atoms with Gasteiger partial charge in [0.05, 0.1) is 0 Å². The van der Waals surface area contributed by atoms with E-state index in [2.05, 4.69) is 31.3 Å². The number of nitrogens with one attached hydrogen (secondary N) is 1. The van der Waals surface area contributed by atoms with E-state index in [1.165, 1.54) is 5.56 Å². The minimum absolute atomic E-state index is 0.0135. The standard InChI is InChI=1S/C22H29NO2/c1-3-5-15-21(18-11-8-7-9-12-18)25-20-14-10-13-19(17-20)22(24)23-16-6-4-2/h7-14,17,21H,3-6,15-16H2,1-2H3,(H,23,24). The van der Waals surface area contributed by atoms with E-state index >= 15 is 0 Å². The van der Waals surface area contributed by atoms with Crippen molar-refractivity contribution in [3.63, 3.8) is 0 Å². The van der Waals surface area contributed by atoms with Crippen molar-refractivity contribution in [3.05, 3.63) is 65.7 Å². The molecule has 0 heterocycles. The average Bonchev–Trinajstić information content (AvgIpc) is 2.66. The van der Waals surface area contributed by atoms with Crippen LogP contribution in [0.25, 0.3) is 0 Å². The number of rotatable bonds is 10. The monoisotopic (exact) mass is 339 g/mol. The fourth-order valence-corrected chi connectivity index (χ4v) is 2.71. The summed E-state index contributed by atoms with van der Waals surface area (Å²) < 4.78 is 6.24. The lowest BCUT2D eigenvalue weighted by Crippen LogP contribution is -2.24. The molecule has 0 spiro atoms. The van der Waals surface area contributed by atoms with E-state index < -0.39 is 0 Å². The van der Waals surface area contributed by atoms with Crippen LogP contribution in [-0.2, 0) is 0 Å². The van der Waals surface area contributed by atoms with Crippen molar-refractivity contribution in [1.29, 1.82) is 0 Å². The Morgan fingerprint density at radius 2 is 1.76 bits per heavy atom. The molecule has 134 valence electrons. The highest BCUT2D eigenvalue weighted by Crippen LogP contribution is 2.27. The third-order valence-electron chi connectivity index (χ3n) is 4.18. The highest BCUT2D eigenvalue weighted by Gasteiger charge is 2.14. The molecule has 1 amide bonds. The minimum atomic E-state index is -0.0382. The summed E-state index contributed by atoms with van der Waals surface area (Å²) in [6.45, 7) is 5.01. The van der Waals surface area contributed by atoms with Gasteiger partial charge in [0, 0.05) is 12.1 Å². The van der Waals surface area contributed by atoms with Gasteiger partial charge >= 0.3 is 0 Å². The third kappa shape index (κ3) is 6.26. The molecule has 0 aliphatic rings. The highest BCUT2D eigenvalue weighted by atomic mass is 16.5. The Morgan fingerprint density at radius 3 is 2.48 bits per heavy atom. The first-order valence-corrected chi connectivity index (χ1v) is 9.34. The van der Waals surface area contributed by atoms with E-state index in [0.29, 0.717) is 12.1 Å². The Hall–Kier alpha value is -2.29. The first kappa shape index (κ1) is 19.0. The molecule has 0 saturated heterocycles. The molecule has 0 aromatic heterocycles. The molecule has 0 radical (unpaired) electrons. The second-order valence-corrected chi connectivity index (χ2v) is 6.30. The van der Waals surface area contributed by atoms with Gasteiger partial charge in [-0.2, -0.15) is 0 Å². The highest BCUT2D eigenvalue weighted by molar-refractivity contribution is 5.94. The van der Waals surface area contributed by atoms with Gasteiger partial charge in [0.15, 0.2) is 0 Å². The number of ether oxygens (including phenoxy) is 1. The second kappa shape index (κ2) is 10.5. The summed E-state index contributed by atoms with van der Waals surface area (Å²) in [5, 5.41) is 2.95. The first-order valence-electron chi connectivity index (χ1n) is 9.34. The summed E-state index contributed by atoms with van der Waals surface area (Å²) in [6.07, 6.45) is 5.28. The zero-order valence-corrected chi connectivity index (χ0v) is 15.3. The molecule has 1 atom stereocenters. The SMILES string of the molecule is CCCCNC(=O)c1cccc(OC(CCCC)c2ccccc2)c1. The molecule has 3 heteroatoms. The summed E-state index contributed by atoms with van der Waals surface area (Å²) in [5.74, 6) is 0.705. The van der Waals surface area contributed by atoms with E-state index in [4.69, 9.17) is 4.74 Å². The summed E-state index contributed by atoms with van der Waals surface area (Å²) in [4.78, 5) is 12.2. The normalized spacial score (nSPS) is 11.8. The fourth-order valence-electron chi connectivity index (χ4n) is 2.71. The maximum atomic E-state index is 12.2. The van der Waals surface area contributed by atoms with Gasteiger partial charge in [-0.15, -0.1) is 0 Å². The maximum Gasteiger partial charge on any atom is 0.251 e. The summed E-state index contributed by atoms with van der Waals surface area (Å²) in [6, 6.07) is 17.8. The van der Waals surface area contributed by atoms with Crippen molar-refractivity contribution < 1.29 is 9.53 Å². The molecule has 1 unspecified atom stereocenters. The van der Waals surface area contributed by atoms with Gasteiger partial charge in [-0.1, -0.05) is 63.1 Å². The smallest absolute Gasteiger partial charge is 0.251 e. The van der Waals surface area contributed by atoms with Gasteiger partial charge < -0.3 is 10.1 Å². The Morgan fingerprint density at radius 1 is 1.00 bits per heavy atom. The zero-order valence-electron chi connectivity index (χ0n) is 15.3. The van der Waals surface area contributed by atoms with Gasteiger partial charge in [0.25, 0.3) is 5.91 Å². The predicted molar refractivity (Wildman–Crippen MR) is 103 cm³/mol. The van der Waals surface area contributed by atoms with Crippen molar-refractivity contribution in [3.8, 4) is 5.75 Å². The quantitative estimate of drug-likeness (QED) is 0.578. The van der Waals surface area contributed by atoms with Crippen LogP contribution in [0, 0.1) is 0 Å². The number of amides is 1. The van der Waals surface area contributed by atoms with Crippen LogP contribution in [0.3, 0.4) is 0 Å². The number of hydrogen-bond donors (Lipinski definition) is 1. The summed E-state index contributed by atoms with van der Waals surface area (Å²) >= 11 is 0. The van der Waals surface area contributed by atoms with E-state index in [-0.39, 0.29) is 12.0 Å². The lowest BCUT2D eigenvalue weighted by atomic mass is 10.0. The number of carbonyl (C=O) groups excluding carboxylic acids is 1. The van der Waals surface area contributed by atoms with E-state index in [1.807, 2.05) is 42.5 Å². The molecule has 2 rings (SSSR count). The molecule has 1 N–H and O–H groups in total. The summed E-state index contributed by atoms with van der Waals surface area (Å²) in [7, 11) is 0. The maximum absolute atomic E-state index is 12.2. The Balaban J connectivity index is 2.08. The first-order chi connectivity index (χ1) is 12.2. The molecule has 2 aromatic rings. The van der Waals surface area contributed by atoms with Gasteiger partial charge in [-0.05, 0) is 43.0 Å². The van der Waals surface area contributed by atoms with E-state index in [1.54, 1.807) is 0 Å². The van der Waals surface area contributed by atoms with Crippen molar-refractivity contribution in [1.82, 2.24) is 5.32 Å². The van der Waals surface area contributed by atoms with Crippen LogP contribution in [0.4, 0.5) is 0 Å². The fraction of sp³-hybridized carbons (Fsp3) is 0.409. The van der Waals surface area contributed by atoms with Crippen LogP contribution in [0.5, 0.6) is 5.75 Å². The average molecular weight is 339 g/mol. The van der Waals surface area contributed by atoms with Gasteiger partial charge in [0.1, 0.15) is 11.9 Å². The number of carbonyl (C=O) groups is 1.